The molecular formula is C13H18O2S. The summed E-state index contributed by atoms with van der Waals surface area (Å²) in [5.74, 6) is 0.00880. The number of thiophene rings is 1. The van der Waals surface area contributed by atoms with Gasteiger partial charge in [-0.3, -0.25) is 4.79 Å². The molecule has 1 aliphatic rings. The Kier molecular flexibility index (Phi) is 3.45. The predicted octanol–water partition coefficient (Wildman–Crippen LogP) is 2.73. The van der Waals surface area contributed by atoms with Gasteiger partial charge < -0.3 is 5.11 Å². The summed E-state index contributed by atoms with van der Waals surface area (Å²) in [6.07, 6.45) is 4.68. The van der Waals surface area contributed by atoms with Crippen molar-refractivity contribution >= 4 is 17.1 Å². The van der Waals surface area contributed by atoms with Crippen LogP contribution in [0, 0.1) is 0 Å². The fourth-order valence-electron chi connectivity index (χ4n) is 2.27. The Labute approximate surface area is 100 Å². The van der Waals surface area contributed by atoms with Crippen LogP contribution in [0.25, 0.3) is 0 Å². The largest absolute Gasteiger partial charge is 0.382 e. The van der Waals surface area contributed by atoms with Crippen molar-refractivity contribution in [2.45, 2.75) is 51.0 Å². The monoisotopic (exact) mass is 238 g/mol. The standard InChI is InChI=1S/C13H18O2S/c1-2-10-5-6-11(16-10)9-12(14)13(15)7-3-4-8-13/h5-6,15H,2-4,7-9H2,1H3. The summed E-state index contributed by atoms with van der Waals surface area (Å²) in [5, 5.41) is 10.1. The highest BCUT2D eigenvalue weighted by atomic mass is 32.1. The Hall–Kier alpha value is -0.670. The molecule has 0 spiro atoms. The van der Waals surface area contributed by atoms with Gasteiger partial charge in [-0.15, -0.1) is 11.3 Å². The number of carbonyl (C=O) groups excluding carboxylic acids is 1. The normalized spacial score (nSPS) is 18.9. The molecule has 2 rings (SSSR count). The van der Waals surface area contributed by atoms with E-state index in [0.717, 1.165) is 24.1 Å². The van der Waals surface area contributed by atoms with Crippen molar-refractivity contribution in [1.82, 2.24) is 0 Å². The molecule has 0 saturated heterocycles. The number of ketones is 1. The zero-order valence-corrected chi connectivity index (χ0v) is 10.5. The molecule has 88 valence electrons. The fraction of sp³-hybridized carbons (Fsp3) is 0.615. The molecule has 2 nitrogen and oxygen atoms in total. The maximum absolute atomic E-state index is 12.0. The second-order valence-electron chi connectivity index (χ2n) is 4.56. The summed E-state index contributed by atoms with van der Waals surface area (Å²) in [4.78, 5) is 14.4. The molecule has 1 aromatic rings. The third-order valence-electron chi connectivity index (χ3n) is 3.35. The van der Waals surface area contributed by atoms with Crippen molar-refractivity contribution in [2.24, 2.45) is 0 Å². The zero-order valence-electron chi connectivity index (χ0n) is 9.66. The van der Waals surface area contributed by atoms with E-state index in [2.05, 4.69) is 13.0 Å². The van der Waals surface area contributed by atoms with E-state index in [-0.39, 0.29) is 5.78 Å². The number of carbonyl (C=O) groups is 1. The number of hydrogen-bond donors (Lipinski definition) is 1. The van der Waals surface area contributed by atoms with E-state index >= 15 is 0 Å². The molecule has 1 aromatic heterocycles. The average Bonchev–Trinajstić information content (AvgIpc) is 2.88. The predicted molar refractivity (Wildman–Crippen MR) is 65.8 cm³/mol. The van der Waals surface area contributed by atoms with Crippen LogP contribution in [-0.4, -0.2) is 16.5 Å². The van der Waals surface area contributed by atoms with Crippen LogP contribution in [0.15, 0.2) is 12.1 Å². The second-order valence-corrected chi connectivity index (χ2v) is 5.81. The third-order valence-corrected chi connectivity index (χ3v) is 4.58. The van der Waals surface area contributed by atoms with E-state index in [1.165, 1.54) is 4.88 Å². The Bertz CT molecular complexity index is 375. The SMILES string of the molecule is CCc1ccc(CC(=O)C2(O)CCCC2)s1. The van der Waals surface area contributed by atoms with Gasteiger partial charge >= 0.3 is 0 Å². The van der Waals surface area contributed by atoms with Crippen molar-refractivity contribution in [3.8, 4) is 0 Å². The van der Waals surface area contributed by atoms with E-state index in [0.29, 0.717) is 19.3 Å². The number of aryl methyl sites for hydroxylation is 1. The van der Waals surface area contributed by atoms with Gasteiger partial charge in [-0.25, -0.2) is 0 Å². The lowest BCUT2D eigenvalue weighted by Gasteiger charge is -2.19. The molecule has 1 saturated carbocycles. The van der Waals surface area contributed by atoms with Crippen molar-refractivity contribution in [3.63, 3.8) is 0 Å². The summed E-state index contributed by atoms with van der Waals surface area (Å²) in [6, 6.07) is 4.09. The minimum atomic E-state index is -1.02. The Morgan fingerprint density at radius 1 is 1.38 bits per heavy atom. The van der Waals surface area contributed by atoms with Crippen LogP contribution in [0.3, 0.4) is 0 Å². The number of hydrogen-bond acceptors (Lipinski definition) is 3. The molecule has 1 N–H and O–H groups in total. The first kappa shape index (κ1) is 11.8. The van der Waals surface area contributed by atoms with Gasteiger partial charge in [-0.2, -0.15) is 0 Å². The Morgan fingerprint density at radius 2 is 2.00 bits per heavy atom. The molecule has 0 amide bonds. The van der Waals surface area contributed by atoms with Crippen molar-refractivity contribution in [1.29, 1.82) is 0 Å². The van der Waals surface area contributed by atoms with E-state index in [1.807, 2.05) is 6.07 Å². The minimum absolute atomic E-state index is 0.00880. The Morgan fingerprint density at radius 3 is 2.56 bits per heavy atom. The summed E-state index contributed by atoms with van der Waals surface area (Å²) >= 11 is 1.69. The van der Waals surface area contributed by atoms with Crippen LogP contribution in [0.1, 0.15) is 42.4 Å². The number of Topliss-reactive ketones (excluding diaryl/α,β-unsaturated/α-hetero) is 1. The lowest BCUT2D eigenvalue weighted by molar-refractivity contribution is -0.135. The fourth-order valence-corrected chi connectivity index (χ4v) is 3.23. The minimum Gasteiger partial charge on any atom is -0.382 e. The molecule has 1 fully saturated rings. The van der Waals surface area contributed by atoms with Gasteiger partial charge in [0, 0.05) is 16.2 Å². The highest BCUT2D eigenvalue weighted by molar-refractivity contribution is 7.12. The van der Waals surface area contributed by atoms with Gasteiger partial charge in [0.1, 0.15) is 5.60 Å². The number of rotatable bonds is 4. The summed E-state index contributed by atoms with van der Waals surface area (Å²) in [7, 11) is 0. The molecule has 0 aromatic carbocycles. The maximum Gasteiger partial charge on any atom is 0.169 e. The van der Waals surface area contributed by atoms with Gasteiger partial charge in [0.05, 0.1) is 0 Å². The van der Waals surface area contributed by atoms with Crippen LogP contribution in [0.5, 0.6) is 0 Å². The first-order chi connectivity index (χ1) is 7.64. The molecule has 16 heavy (non-hydrogen) atoms. The average molecular weight is 238 g/mol. The zero-order chi connectivity index (χ0) is 11.6. The molecule has 0 unspecified atom stereocenters. The van der Waals surface area contributed by atoms with Crippen LogP contribution >= 0.6 is 11.3 Å². The lowest BCUT2D eigenvalue weighted by atomic mass is 9.94. The van der Waals surface area contributed by atoms with E-state index in [9.17, 15) is 9.90 Å². The van der Waals surface area contributed by atoms with Crippen molar-refractivity contribution in [3.05, 3.63) is 21.9 Å². The number of aliphatic hydroxyl groups is 1. The lowest BCUT2D eigenvalue weighted by Crippen LogP contribution is -2.36. The van der Waals surface area contributed by atoms with Gasteiger partial charge in [-0.1, -0.05) is 6.92 Å². The Balaban J connectivity index is 2.01. The van der Waals surface area contributed by atoms with Crippen LogP contribution < -0.4 is 0 Å². The maximum atomic E-state index is 12.0. The van der Waals surface area contributed by atoms with Crippen LogP contribution in [0.4, 0.5) is 0 Å². The third kappa shape index (κ3) is 2.36. The van der Waals surface area contributed by atoms with Crippen LogP contribution in [-0.2, 0) is 17.6 Å². The van der Waals surface area contributed by atoms with Crippen LogP contribution in [0.2, 0.25) is 0 Å². The summed E-state index contributed by atoms with van der Waals surface area (Å²) in [6.45, 7) is 2.11. The summed E-state index contributed by atoms with van der Waals surface area (Å²) < 4.78 is 0. The first-order valence-corrected chi connectivity index (χ1v) is 6.79. The molecule has 0 aliphatic heterocycles. The molecule has 3 heteroatoms. The molecule has 1 heterocycles. The smallest absolute Gasteiger partial charge is 0.169 e. The van der Waals surface area contributed by atoms with E-state index in [1.54, 1.807) is 11.3 Å². The molecule has 0 bridgehead atoms. The van der Waals surface area contributed by atoms with Gasteiger partial charge in [0.15, 0.2) is 5.78 Å². The highest BCUT2D eigenvalue weighted by Crippen LogP contribution is 2.32. The van der Waals surface area contributed by atoms with Crippen molar-refractivity contribution in [2.75, 3.05) is 0 Å². The topological polar surface area (TPSA) is 37.3 Å². The summed E-state index contributed by atoms with van der Waals surface area (Å²) in [5.41, 5.74) is -1.02. The molecule has 0 radical (unpaired) electrons. The highest BCUT2D eigenvalue weighted by Gasteiger charge is 2.38. The second kappa shape index (κ2) is 4.68. The molecular weight excluding hydrogens is 220 g/mol. The van der Waals surface area contributed by atoms with Gasteiger partial charge in [0.25, 0.3) is 0 Å². The first-order valence-electron chi connectivity index (χ1n) is 5.97. The van der Waals surface area contributed by atoms with Crippen molar-refractivity contribution < 1.29 is 9.90 Å². The van der Waals surface area contributed by atoms with Gasteiger partial charge in [0.2, 0.25) is 0 Å². The molecule has 1 aliphatic carbocycles. The van der Waals surface area contributed by atoms with Gasteiger partial charge in [-0.05, 0) is 44.2 Å². The quantitative estimate of drug-likeness (QED) is 0.875. The van der Waals surface area contributed by atoms with E-state index in [4.69, 9.17) is 0 Å². The van der Waals surface area contributed by atoms with E-state index < -0.39 is 5.60 Å². The molecule has 0 atom stereocenters.